The number of hydrogen-bond acceptors (Lipinski definition) is 3. The predicted octanol–water partition coefficient (Wildman–Crippen LogP) is 3.13. The summed E-state index contributed by atoms with van der Waals surface area (Å²) in [6, 6.07) is 13.1. The fourth-order valence-electron chi connectivity index (χ4n) is 1.55. The Morgan fingerprint density at radius 2 is 2.16 bits per heavy atom. The average Bonchev–Trinajstić information content (AvgIpc) is 2.46. The van der Waals surface area contributed by atoms with Crippen molar-refractivity contribution in [2.24, 2.45) is 0 Å². The first-order chi connectivity index (χ1) is 9.28. The highest BCUT2D eigenvalue weighted by atomic mass is 32.2. The molecule has 0 unspecified atom stereocenters. The predicted molar refractivity (Wildman–Crippen MR) is 78.3 cm³/mol. The highest BCUT2D eigenvalue weighted by molar-refractivity contribution is 7.98. The summed E-state index contributed by atoms with van der Waals surface area (Å²) in [4.78, 5) is 17.0. The molecule has 1 aromatic carbocycles. The zero-order valence-electron chi connectivity index (χ0n) is 10.6. The minimum atomic E-state index is -0.232. The van der Waals surface area contributed by atoms with E-state index in [9.17, 15) is 4.79 Å². The number of thioether (sulfide) groups is 1. The van der Waals surface area contributed by atoms with E-state index in [0.29, 0.717) is 6.54 Å². The summed E-state index contributed by atoms with van der Waals surface area (Å²) in [7, 11) is 0. The molecule has 0 spiro atoms. The third-order valence-electron chi connectivity index (χ3n) is 2.48. The lowest BCUT2D eigenvalue weighted by Crippen LogP contribution is -2.28. The quantitative estimate of drug-likeness (QED) is 0.841. The average molecular weight is 273 g/mol. The van der Waals surface area contributed by atoms with Gasteiger partial charge in [0.2, 0.25) is 0 Å². The first-order valence-corrected chi connectivity index (χ1v) is 7.09. The molecule has 98 valence electrons. The van der Waals surface area contributed by atoms with E-state index in [1.165, 1.54) is 0 Å². The number of carbonyl (C=O) groups excluding carboxylic acids is 1. The first kappa shape index (κ1) is 13.4. The molecule has 0 bridgehead atoms. The summed E-state index contributed by atoms with van der Waals surface area (Å²) >= 11 is 1.64. The van der Waals surface area contributed by atoms with Gasteiger partial charge in [-0.25, -0.2) is 4.79 Å². The third kappa shape index (κ3) is 4.30. The van der Waals surface area contributed by atoms with Gasteiger partial charge in [-0.2, -0.15) is 0 Å². The van der Waals surface area contributed by atoms with Crippen LogP contribution in [0.2, 0.25) is 0 Å². The maximum atomic E-state index is 11.7. The second-order valence-corrected chi connectivity index (χ2v) is 4.74. The second-order valence-electron chi connectivity index (χ2n) is 3.86. The molecule has 2 amide bonds. The number of anilines is 1. The van der Waals surface area contributed by atoms with Gasteiger partial charge in [-0.15, -0.1) is 11.8 Å². The van der Waals surface area contributed by atoms with E-state index in [1.54, 1.807) is 18.0 Å². The van der Waals surface area contributed by atoms with Gasteiger partial charge in [0.25, 0.3) is 0 Å². The number of carbonyl (C=O) groups is 1. The number of amides is 2. The van der Waals surface area contributed by atoms with E-state index >= 15 is 0 Å². The maximum Gasteiger partial charge on any atom is 0.319 e. The van der Waals surface area contributed by atoms with Gasteiger partial charge in [0.05, 0.1) is 12.2 Å². The number of urea groups is 1. The lowest BCUT2D eigenvalue weighted by Gasteiger charge is -2.08. The molecular weight excluding hydrogens is 258 g/mol. The molecule has 19 heavy (non-hydrogen) atoms. The van der Waals surface area contributed by atoms with Crippen molar-refractivity contribution in [1.82, 2.24) is 10.3 Å². The van der Waals surface area contributed by atoms with E-state index in [-0.39, 0.29) is 6.03 Å². The molecule has 2 aromatic rings. The molecule has 2 rings (SSSR count). The van der Waals surface area contributed by atoms with E-state index in [1.807, 2.05) is 48.7 Å². The Labute approximate surface area is 116 Å². The molecule has 5 heteroatoms. The van der Waals surface area contributed by atoms with Gasteiger partial charge in [0.15, 0.2) is 0 Å². The highest BCUT2D eigenvalue weighted by Crippen LogP contribution is 2.18. The lowest BCUT2D eigenvalue weighted by molar-refractivity contribution is 0.251. The molecule has 0 saturated carbocycles. The molecule has 2 N–H and O–H groups in total. The van der Waals surface area contributed by atoms with Gasteiger partial charge < -0.3 is 10.6 Å². The van der Waals surface area contributed by atoms with Crippen molar-refractivity contribution < 1.29 is 4.79 Å². The highest BCUT2D eigenvalue weighted by Gasteiger charge is 2.02. The van der Waals surface area contributed by atoms with Crippen LogP contribution in [0.25, 0.3) is 0 Å². The van der Waals surface area contributed by atoms with Crippen molar-refractivity contribution in [3.63, 3.8) is 0 Å². The molecule has 0 aliphatic heterocycles. The van der Waals surface area contributed by atoms with Crippen LogP contribution in [0.4, 0.5) is 10.5 Å². The molecule has 0 fully saturated rings. The van der Waals surface area contributed by atoms with Crippen LogP contribution < -0.4 is 10.6 Å². The summed E-state index contributed by atoms with van der Waals surface area (Å²) in [5, 5.41) is 5.56. The van der Waals surface area contributed by atoms with E-state index in [0.717, 1.165) is 16.3 Å². The zero-order valence-corrected chi connectivity index (χ0v) is 11.4. The molecule has 0 aliphatic rings. The molecule has 1 aromatic heterocycles. The topological polar surface area (TPSA) is 54.0 Å². The molecular formula is C14H15N3OS. The summed E-state index contributed by atoms with van der Waals surface area (Å²) in [5.41, 5.74) is 1.61. The Balaban J connectivity index is 1.87. The summed E-state index contributed by atoms with van der Waals surface area (Å²) < 4.78 is 0. The van der Waals surface area contributed by atoms with Gasteiger partial charge in [-0.1, -0.05) is 12.1 Å². The summed E-state index contributed by atoms with van der Waals surface area (Å²) in [6.45, 7) is 0.412. The molecule has 4 nitrogen and oxygen atoms in total. The third-order valence-corrected chi connectivity index (χ3v) is 3.21. The Kier molecular flexibility index (Phi) is 4.80. The van der Waals surface area contributed by atoms with Crippen LogP contribution in [-0.2, 0) is 6.54 Å². The number of pyridine rings is 1. The number of nitrogens with zero attached hydrogens (tertiary/aromatic N) is 1. The van der Waals surface area contributed by atoms with E-state index < -0.39 is 0 Å². The van der Waals surface area contributed by atoms with Crippen LogP contribution in [-0.4, -0.2) is 17.3 Å². The van der Waals surface area contributed by atoms with Crippen LogP contribution >= 0.6 is 11.8 Å². The molecule has 1 heterocycles. The van der Waals surface area contributed by atoms with Gasteiger partial charge in [-0.05, 0) is 36.6 Å². The van der Waals surface area contributed by atoms with Crippen molar-refractivity contribution in [3.8, 4) is 0 Å². The van der Waals surface area contributed by atoms with E-state index in [2.05, 4.69) is 15.6 Å². The van der Waals surface area contributed by atoms with Crippen molar-refractivity contribution in [3.05, 3.63) is 54.4 Å². The largest absolute Gasteiger partial charge is 0.332 e. The molecule has 0 radical (unpaired) electrons. The normalized spacial score (nSPS) is 9.95. The fraction of sp³-hybridized carbons (Fsp3) is 0.143. The number of aromatic nitrogens is 1. The lowest BCUT2D eigenvalue weighted by atomic mass is 10.3. The summed E-state index contributed by atoms with van der Waals surface area (Å²) in [5.74, 6) is 0. The maximum absolute atomic E-state index is 11.7. The van der Waals surface area contributed by atoms with Crippen LogP contribution in [0.15, 0.2) is 53.6 Å². The van der Waals surface area contributed by atoms with Crippen molar-refractivity contribution in [2.75, 3.05) is 11.6 Å². The van der Waals surface area contributed by atoms with Gasteiger partial charge in [0, 0.05) is 16.8 Å². The second kappa shape index (κ2) is 6.80. The van der Waals surface area contributed by atoms with Gasteiger partial charge in [0.1, 0.15) is 0 Å². The van der Waals surface area contributed by atoms with Gasteiger partial charge >= 0.3 is 6.03 Å². The number of rotatable bonds is 4. The van der Waals surface area contributed by atoms with Crippen LogP contribution in [0.3, 0.4) is 0 Å². The minimum Gasteiger partial charge on any atom is -0.332 e. The Morgan fingerprint density at radius 3 is 2.89 bits per heavy atom. The first-order valence-electron chi connectivity index (χ1n) is 5.87. The molecule has 0 aliphatic carbocycles. The molecule has 0 saturated heterocycles. The SMILES string of the molecule is CSc1cccc(NC(=O)NCc2ccccn2)c1. The summed E-state index contributed by atoms with van der Waals surface area (Å²) in [6.07, 6.45) is 3.71. The number of hydrogen-bond donors (Lipinski definition) is 2. The number of nitrogens with one attached hydrogen (secondary N) is 2. The molecule has 0 atom stereocenters. The van der Waals surface area contributed by atoms with Crippen molar-refractivity contribution in [1.29, 1.82) is 0 Å². The number of benzene rings is 1. The van der Waals surface area contributed by atoms with E-state index in [4.69, 9.17) is 0 Å². The monoisotopic (exact) mass is 273 g/mol. The smallest absolute Gasteiger partial charge is 0.319 e. The Morgan fingerprint density at radius 1 is 1.26 bits per heavy atom. The standard InChI is InChI=1S/C14H15N3OS/c1-19-13-7-4-6-11(9-13)17-14(18)16-10-12-5-2-3-8-15-12/h2-9H,10H2,1H3,(H2,16,17,18). The van der Waals surface area contributed by atoms with Crippen LogP contribution in [0, 0.1) is 0 Å². The van der Waals surface area contributed by atoms with Crippen molar-refractivity contribution >= 4 is 23.5 Å². The van der Waals surface area contributed by atoms with Gasteiger partial charge in [-0.3, -0.25) is 4.98 Å². The fourth-order valence-corrected chi connectivity index (χ4v) is 2.01. The zero-order chi connectivity index (χ0) is 13.5. The Hall–Kier alpha value is -2.01. The van der Waals surface area contributed by atoms with Crippen LogP contribution in [0.1, 0.15) is 5.69 Å². The Bertz CT molecular complexity index is 545. The van der Waals surface area contributed by atoms with Crippen LogP contribution in [0.5, 0.6) is 0 Å². The van der Waals surface area contributed by atoms with Crippen molar-refractivity contribution in [2.45, 2.75) is 11.4 Å². The minimum absolute atomic E-state index is 0.232.